The molecule has 0 aliphatic carbocycles. The normalized spacial score (nSPS) is 17.6. The number of carbonyl (C=O) groups excluding carboxylic acids is 2. The van der Waals surface area contributed by atoms with Crippen LogP contribution in [0.4, 0.5) is 5.69 Å². The minimum absolute atomic E-state index is 0.0988. The number of hydrogen-bond acceptors (Lipinski definition) is 4. The van der Waals surface area contributed by atoms with E-state index in [0.29, 0.717) is 29.2 Å². The summed E-state index contributed by atoms with van der Waals surface area (Å²) in [6, 6.07) is 25.6. The molecule has 0 saturated heterocycles. The van der Waals surface area contributed by atoms with Crippen LogP contribution in [0.1, 0.15) is 45.9 Å². The second-order valence-electron chi connectivity index (χ2n) is 10.6. The zero-order chi connectivity index (χ0) is 28.2. The van der Waals surface area contributed by atoms with Gasteiger partial charge in [0.2, 0.25) is 5.91 Å². The Morgan fingerprint density at radius 3 is 2.41 bits per heavy atom. The van der Waals surface area contributed by atoms with Crippen LogP contribution in [0.5, 0.6) is 11.5 Å². The maximum atomic E-state index is 14.4. The van der Waals surface area contributed by atoms with Gasteiger partial charge in [-0.25, -0.2) is 0 Å². The van der Waals surface area contributed by atoms with Gasteiger partial charge in [-0.1, -0.05) is 42.5 Å². The lowest BCUT2D eigenvalue weighted by Gasteiger charge is -2.45. The van der Waals surface area contributed by atoms with Crippen LogP contribution >= 0.6 is 0 Å². The van der Waals surface area contributed by atoms with Crippen LogP contribution in [0, 0.1) is 0 Å². The Morgan fingerprint density at radius 1 is 0.878 bits per heavy atom. The van der Waals surface area contributed by atoms with Crippen LogP contribution in [-0.2, 0) is 17.8 Å². The third-order valence-electron chi connectivity index (χ3n) is 8.67. The van der Waals surface area contributed by atoms with Gasteiger partial charge in [0.05, 0.1) is 26.2 Å². The number of aromatic nitrogens is 1. The Kier molecular flexibility index (Phi) is 5.96. The first-order chi connectivity index (χ1) is 20.0. The molecule has 5 aromatic rings. The minimum Gasteiger partial charge on any atom is -0.493 e. The number of fused-ring (bicyclic) bond motifs is 7. The topological polar surface area (TPSA) is 72.8 Å². The second kappa shape index (κ2) is 9.70. The second-order valence-corrected chi connectivity index (χ2v) is 10.6. The van der Waals surface area contributed by atoms with Crippen molar-refractivity contribution >= 4 is 39.3 Å². The maximum Gasteiger partial charge on any atom is 0.254 e. The van der Waals surface area contributed by atoms with E-state index in [1.807, 2.05) is 35.2 Å². The largest absolute Gasteiger partial charge is 0.493 e. The van der Waals surface area contributed by atoms with E-state index in [4.69, 9.17) is 9.47 Å². The smallest absolute Gasteiger partial charge is 0.254 e. The Labute approximate surface area is 238 Å². The molecule has 4 aromatic carbocycles. The van der Waals surface area contributed by atoms with Crippen LogP contribution in [0.3, 0.4) is 0 Å². The van der Waals surface area contributed by atoms with Crippen molar-refractivity contribution in [3.63, 3.8) is 0 Å². The van der Waals surface area contributed by atoms with Crippen molar-refractivity contribution in [2.75, 3.05) is 26.1 Å². The molecule has 0 radical (unpaired) electrons. The Bertz CT molecular complexity index is 1860. The molecule has 0 fully saturated rings. The van der Waals surface area contributed by atoms with Gasteiger partial charge in [0.1, 0.15) is 0 Å². The molecule has 2 atom stereocenters. The number of carbonyl (C=O) groups is 2. The molecule has 7 rings (SSSR count). The number of anilines is 1. The maximum absolute atomic E-state index is 14.4. The summed E-state index contributed by atoms with van der Waals surface area (Å²) < 4.78 is 13.4. The van der Waals surface area contributed by atoms with E-state index in [0.717, 1.165) is 46.1 Å². The Balaban J connectivity index is 1.36. The molecule has 2 amide bonds. The first-order valence-electron chi connectivity index (χ1n) is 14.0. The van der Waals surface area contributed by atoms with Crippen molar-refractivity contribution in [2.45, 2.75) is 31.8 Å². The van der Waals surface area contributed by atoms with E-state index in [1.165, 1.54) is 5.52 Å². The van der Waals surface area contributed by atoms with Gasteiger partial charge in [-0.15, -0.1) is 0 Å². The third-order valence-corrected chi connectivity index (χ3v) is 8.67. The molecule has 41 heavy (non-hydrogen) atoms. The van der Waals surface area contributed by atoms with Crippen molar-refractivity contribution in [2.24, 2.45) is 0 Å². The molecular formula is C34H31N3O4. The fourth-order valence-electron chi connectivity index (χ4n) is 6.82. The molecular weight excluding hydrogens is 514 g/mol. The van der Waals surface area contributed by atoms with Crippen molar-refractivity contribution in [1.29, 1.82) is 0 Å². The number of para-hydroxylation sites is 1. The molecule has 0 saturated carbocycles. The van der Waals surface area contributed by atoms with Crippen molar-refractivity contribution in [3.05, 3.63) is 101 Å². The highest BCUT2D eigenvalue weighted by Gasteiger charge is 2.47. The van der Waals surface area contributed by atoms with E-state index in [9.17, 15) is 9.59 Å². The first-order valence-corrected chi connectivity index (χ1v) is 14.0. The molecule has 2 aliphatic rings. The number of benzene rings is 4. The van der Waals surface area contributed by atoms with Gasteiger partial charge >= 0.3 is 0 Å². The molecule has 0 spiro atoms. The molecule has 2 aliphatic heterocycles. The number of nitrogens with one attached hydrogen (secondary N) is 1. The highest BCUT2D eigenvalue weighted by molar-refractivity contribution is 6.11. The molecule has 0 unspecified atom stereocenters. The van der Waals surface area contributed by atoms with Gasteiger partial charge in [-0.3, -0.25) is 9.59 Å². The van der Waals surface area contributed by atoms with Crippen molar-refractivity contribution < 1.29 is 19.1 Å². The molecule has 3 heterocycles. The summed E-state index contributed by atoms with van der Waals surface area (Å²) in [5.41, 5.74) is 6.31. The lowest BCUT2D eigenvalue weighted by molar-refractivity contribution is -0.119. The quantitative estimate of drug-likeness (QED) is 0.281. The summed E-state index contributed by atoms with van der Waals surface area (Å²) in [5, 5.41) is 5.47. The van der Waals surface area contributed by atoms with Crippen LogP contribution in [-0.4, -0.2) is 42.0 Å². The van der Waals surface area contributed by atoms with Crippen molar-refractivity contribution in [3.8, 4) is 11.5 Å². The summed E-state index contributed by atoms with van der Waals surface area (Å²) in [7, 11) is 3.11. The Hall–Kier alpha value is -4.78. The van der Waals surface area contributed by atoms with Gasteiger partial charge in [0.25, 0.3) is 5.91 Å². The van der Waals surface area contributed by atoms with E-state index < -0.39 is 12.0 Å². The highest BCUT2D eigenvalue weighted by Crippen LogP contribution is 2.49. The lowest BCUT2D eigenvalue weighted by atomic mass is 9.75. The summed E-state index contributed by atoms with van der Waals surface area (Å²) in [4.78, 5) is 30.1. The number of ether oxygens (including phenoxy) is 2. The van der Waals surface area contributed by atoms with Crippen LogP contribution in [0.2, 0.25) is 0 Å². The molecule has 1 N–H and O–H groups in total. The summed E-state index contributed by atoms with van der Waals surface area (Å²) in [6.07, 6.45) is 0.744. The van der Waals surface area contributed by atoms with Crippen LogP contribution < -0.4 is 14.8 Å². The number of nitrogens with zero attached hydrogens (tertiary/aromatic N) is 2. The highest BCUT2D eigenvalue weighted by atomic mass is 16.5. The first kappa shape index (κ1) is 25.2. The SMILES string of the molecule is CCn1c2ccccc2c2cc(NC(=O)[C@@H]3c4cc(OC)c(OC)cc4C(=O)N4CCc5ccccc5[C@@H]34)ccc21. The zero-order valence-electron chi connectivity index (χ0n) is 23.3. The van der Waals surface area contributed by atoms with Gasteiger partial charge in [0.15, 0.2) is 11.5 Å². The van der Waals surface area contributed by atoms with Crippen molar-refractivity contribution in [1.82, 2.24) is 9.47 Å². The fourth-order valence-corrected chi connectivity index (χ4v) is 6.82. The summed E-state index contributed by atoms with van der Waals surface area (Å²) in [5.74, 6) is 0.0433. The average molecular weight is 546 g/mol. The van der Waals surface area contributed by atoms with Gasteiger partial charge in [0, 0.05) is 46.1 Å². The van der Waals surface area contributed by atoms with Gasteiger partial charge < -0.3 is 24.3 Å². The molecule has 206 valence electrons. The number of amides is 2. The van der Waals surface area contributed by atoms with Crippen LogP contribution in [0.25, 0.3) is 21.8 Å². The Morgan fingerprint density at radius 2 is 1.61 bits per heavy atom. The fraction of sp³-hybridized carbons (Fsp3) is 0.235. The molecule has 7 nitrogen and oxygen atoms in total. The van der Waals surface area contributed by atoms with E-state index in [1.54, 1.807) is 26.4 Å². The predicted octanol–water partition coefficient (Wildman–Crippen LogP) is 6.31. The number of methoxy groups -OCH3 is 2. The van der Waals surface area contributed by atoms with Crippen LogP contribution in [0.15, 0.2) is 78.9 Å². The number of aryl methyl sites for hydroxylation is 1. The molecule has 0 bridgehead atoms. The van der Waals surface area contributed by atoms with E-state index in [-0.39, 0.29) is 11.8 Å². The van der Waals surface area contributed by atoms with E-state index in [2.05, 4.69) is 53.2 Å². The van der Waals surface area contributed by atoms with Gasteiger partial charge in [-0.05, 0) is 66.4 Å². The number of hydrogen-bond donors (Lipinski definition) is 1. The lowest BCUT2D eigenvalue weighted by Crippen LogP contribution is -2.49. The zero-order valence-corrected chi connectivity index (χ0v) is 23.3. The number of rotatable bonds is 5. The minimum atomic E-state index is -0.642. The third kappa shape index (κ3) is 3.79. The monoisotopic (exact) mass is 545 g/mol. The van der Waals surface area contributed by atoms with E-state index >= 15 is 0 Å². The van der Waals surface area contributed by atoms with Gasteiger partial charge in [-0.2, -0.15) is 0 Å². The average Bonchev–Trinajstić information content (AvgIpc) is 3.33. The molecule has 7 heteroatoms. The molecule has 1 aromatic heterocycles. The summed E-state index contributed by atoms with van der Waals surface area (Å²) >= 11 is 0. The standard InChI is InChI=1S/C34H31N3O4/c1-4-36-27-12-8-7-11-23(27)24-17-21(13-14-28(24)36)35-33(38)31-25-18-29(40-2)30(41-3)19-26(25)34(39)37-16-15-20-9-5-6-10-22(20)32(31)37/h5-14,17-19,31-32H,4,15-16H2,1-3H3,(H,35,38)/t31-,32+/m1/s1. The summed E-state index contributed by atoms with van der Waals surface area (Å²) in [6.45, 7) is 3.53. The predicted molar refractivity (Wildman–Crippen MR) is 160 cm³/mol.